The fourth-order valence-electron chi connectivity index (χ4n) is 2.30. The minimum Gasteiger partial charge on any atom is -0.270 e. The molecule has 2 N–H and O–H groups in total. The summed E-state index contributed by atoms with van der Waals surface area (Å²) >= 11 is 1.50. The van der Waals surface area contributed by atoms with Gasteiger partial charge in [-0.1, -0.05) is 18.7 Å². The average molecular weight is 378 g/mol. The van der Waals surface area contributed by atoms with Crippen molar-refractivity contribution < 1.29 is 12.8 Å². The maximum Gasteiger partial charge on any atom is 0.238 e. The Morgan fingerprint density at radius 2 is 1.72 bits per heavy atom. The van der Waals surface area contributed by atoms with Crippen LogP contribution in [0.2, 0.25) is 0 Å². The largest absolute Gasteiger partial charge is 0.270 e. The zero-order valence-electron chi connectivity index (χ0n) is 13.3. The van der Waals surface area contributed by atoms with Crippen molar-refractivity contribution in [2.45, 2.75) is 17.0 Å². The molecule has 0 aliphatic carbocycles. The predicted molar refractivity (Wildman–Crippen MR) is 94.5 cm³/mol. The molecule has 25 heavy (non-hydrogen) atoms. The van der Waals surface area contributed by atoms with Gasteiger partial charge in [-0.15, -0.1) is 10.2 Å². The Bertz CT molecular complexity index is 984. The first kappa shape index (κ1) is 17.6. The van der Waals surface area contributed by atoms with Crippen LogP contribution in [0, 0.1) is 5.82 Å². The molecule has 130 valence electrons. The number of nitrogens with zero attached hydrogens (tertiary/aromatic N) is 3. The second-order valence-electron chi connectivity index (χ2n) is 5.12. The molecule has 3 aromatic rings. The van der Waals surface area contributed by atoms with E-state index in [9.17, 15) is 12.8 Å². The topological polar surface area (TPSA) is 90.9 Å². The van der Waals surface area contributed by atoms with Gasteiger partial charge in [0.2, 0.25) is 10.0 Å². The minimum atomic E-state index is -3.76. The number of thioether (sulfide) groups is 1. The molecule has 0 atom stereocenters. The molecule has 0 amide bonds. The third kappa shape index (κ3) is 3.73. The number of primary sulfonamides is 1. The highest BCUT2D eigenvalue weighted by molar-refractivity contribution is 7.99. The zero-order chi connectivity index (χ0) is 18.0. The van der Waals surface area contributed by atoms with Crippen LogP contribution in [0.1, 0.15) is 6.92 Å². The lowest BCUT2D eigenvalue weighted by molar-refractivity contribution is 0.598. The summed E-state index contributed by atoms with van der Waals surface area (Å²) in [5.74, 6) is 0.992. The number of halogens is 1. The molecule has 6 nitrogen and oxygen atoms in total. The first-order valence-electron chi connectivity index (χ1n) is 7.37. The molecule has 0 fully saturated rings. The lowest BCUT2D eigenvalue weighted by Crippen LogP contribution is -2.12. The lowest BCUT2D eigenvalue weighted by Gasteiger charge is -2.10. The molecular weight excluding hydrogens is 363 g/mol. The van der Waals surface area contributed by atoms with Gasteiger partial charge in [0.1, 0.15) is 5.82 Å². The van der Waals surface area contributed by atoms with Crippen molar-refractivity contribution in [1.29, 1.82) is 0 Å². The monoisotopic (exact) mass is 378 g/mol. The summed E-state index contributed by atoms with van der Waals surface area (Å²) in [5.41, 5.74) is 1.39. The number of rotatable bonds is 5. The number of aromatic nitrogens is 3. The van der Waals surface area contributed by atoms with Gasteiger partial charge in [-0.05, 0) is 54.3 Å². The number of sulfonamides is 1. The van der Waals surface area contributed by atoms with Gasteiger partial charge < -0.3 is 0 Å². The van der Waals surface area contributed by atoms with Crippen LogP contribution in [0.15, 0.2) is 58.6 Å². The van der Waals surface area contributed by atoms with Crippen LogP contribution in [-0.2, 0) is 10.0 Å². The summed E-state index contributed by atoms with van der Waals surface area (Å²) in [6.45, 7) is 1.99. The molecule has 3 rings (SSSR count). The van der Waals surface area contributed by atoms with Crippen LogP contribution in [0.25, 0.3) is 17.1 Å². The predicted octanol–water partition coefficient (Wildman–Crippen LogP) is 2.83. The summed E-state index contributed by atoms with van der Waals surface area (Å²) in [6.07, 6.45) is 0. The summed E-state index contributed by atoms with van der Waals surface area (Å²) in [7, 11) is -3.76. The molecule has 0 spiro atoms. The van der Waals surface area contributed by atoms with Crippen molar-refractivity contribution in [3.8, 4) is 17.1 Å². The van der Waals surface area contributed by atoms with Crippen molar-refractivity contribution in [3.63, 3.8) is 0 Å². The van der Waals surface area contributed by atoms with Crippen molar-refractivity contribution in [1.82, 2.24) is 14.8 Å². The maximum atomic E-state index is 13.2. The van der Waals surface area contributed by atoms with Gasteiger partial charge >= 0.3 is 0 Å². The maximum absolute atomic E-state index is 13.2. The van der Waals surface area contributed by atoms with Crippen LogP contribution in [0.5, 0.6) is 0 Å². The second kappa shape index (κ2) is 6.95. The van der Waals surface area contributed by atoms with Gasteiger partial charge in [0, 0.05) is 11.3 Å². The van der Waals surface area contributed by atoms with E-state index in [-0.39, 0.29) is 10.7 Å². The Morgan fingerprint density at radius 1 is 1.08 bits per heavy atom. The highest BCUT2D eigenvalue weighted by atomic mass is 32.2. The highest BCUT2D eigenvalue weighted by Crippen LogP contribution is 2.28. The lowest BCUT2D eigenvalue weighted by atomic mass is 10.2. The number of hydrogen-bond acceptors (Lipinski definition) is 5. The van der Waals surface area contributed by atoms with E-state index in [4.69, 9.17) is 5.14 Å². The highest BCUT2D eigenvalue weighted by Gasteiger charge is 2.16. The third-order valence-electron chi connectivity index (χ3n) is 3.43. The Labute approximate surface area is 148 Å². The van der Waals surface area contributed by atoms with Gasteiger partial charge in [0.15, 0.2) is 11.0 Å². The number of hydrogen-bond donors (Lipinski definition) is 1. The van der Waals surface area contributed by atoms with Gasteiger partial charge in [-0.3, -0.25) is 4.57 Å². The molecule has 0 saturated carbocycles. The van der Waals surface area contributed by atoms with Crippen molar-refractivity contribution >= 4 is 21.8 Å². The Morgan fingerprint density at radius 3 is 2.28 bits per heavy atom. The van der Waals surface area contributed by atoms with Gasteiger partial charge in [-0.25, -0.2) is 17.9 Å². The van der Waals surface area contributed by atoms with E-state index in [0.717, 1.165) is 5.75 Å². The number of benzene rings is 2. The van der Waals surface area contributed by atoms with Crippen molar-refractivity contribution in [2.75, 3.05) is 5.75 Å². The van der Waals surface area contributed by atoms with Crippen LogP contribution in [0.3, 0.4) is 0 Å². The molecule has 2 aromatic carbocycles. The quantitative estimate of drug-likeness (QED) is 0.690. The van der Waals surface area contributed by atoms with E-state index in [1.165, 1.54) is 36.0 Å². The Kier molecular flexibility index (Phi) is 4.89. The smallest absolute Gasteiger partial charge is 0.238 e. The van der Waals surface area contributed by atoms with Crippen LogP contribution in [0.4, 0.5) is 4.39 Å². The molecule has 0 aliphatic heterocycles. The Hall–Kier alpha value is -2.23. The van der Waals surface area contributed by atoms with Crippen LogP contribution >= 0.6 is 11.8 Å². The zero-order valence-corrected chi connectivity index (χ0v) is 14.9. The van der Waals surface area contributed by atoms with E-state index < -0.39 is 10.0 Å². The van der Waals surface area contributed by atoms with E-state index in [1.807, 2.05) is 6.92 Å². The standard InChI is InChI=1S/C16H15FN4O2S2/c1-2-24-16-20-19-15(11-3-5-12(17)6-4-11)21(16)13-7-9-14(10-8-13)25(18,22)23/h3-10H,2H2,1H3,(H2,18,22,23). The van der Waals surface area contributed by atoms with E-state index in [2.05, 4.69) is 10.2 Å². The SMILES string of the molecule is CCSc1nnc(-c2ccc(F)cc2)n1-c1ccc(S(N)(=O)=O)cc1. The average Bonchev–Trinajstić information content (AvgIpc) is 2.99. The van der Waals surface area contributed by atoms with Crippen LogP contribution < -0.4 is 5.14 Å². The fourth-order valence-corrected chi connectivity index (χ4v) is 3.49. The third-order valence-corrected chi connectivity index (χ3v) is 5.17. The van der Waals surface area contributed by atoms with Gasteiger partial charge in [0.05, 0.1) is 4.90 Å². The van der Waals surface area contributed by atoms with Crippen LogP contribution in [-0.4, -0.2) is 28.9 Å². The van der Waals surface area contributed by atoms with Crippen molar-refractivity contribution in [2.24, 2.45) is 5.14 Å². The van der Waals surface area contributed by atoms with Gasteiger partial charge in [-0.2, -0.15) is 0 Å². The minimum absolute atomic E-state index is 0.0253. The fraction of sp³-hybridized carbons (Fsp3) is 0.125. The molecular formula is C16H15FN4O2S2. The first-order chi connectivity index (χ1) is 11.9. The van der Waals surface area contributed by atoms with Crippen molar-refractivity contribution in [3.05, 3.63) is 54.3 Å². The molecule has 0 unspecified atom stereocenters. The molecule has 1 aromatic heterocycles. The van der Waals surface area contributed by atoms with E-state index in [1.54, 1.807) is 28.8 Å². The summed E-state index contributed by atoms with van der Waals surface area (Å²) < 4.78 is 37.8. The molecule has 0 bridgehead atoms. The molecule has 1 heterocycles. The first-order valence-corrected chi connectivity index (χ1v) is 9.90. The summed E-state index contributed by atoms with van der Waals surface area (Å²) in [5, 5.41) is 14.2. The normalized spacial score (nSPS) is 11.6. The van der Waals surface area contributed by atoms with E-state index >= 15 is 0 Å². The summed E-state index contributed by atoms with van der Waals surface area (Å²) in [4.78, 5) is 0.0253. The molecule has 0 saturated heterocycles. The molecule has 0 aliphatic rings. The van der Waals surface area contributed by atoms with Gasteiger partial charge in [0.25, 0.3) is 0 Å². The molecule has 0 radical (unpaired) electrons. The number of nitrogens with two attached hydrogens (primary N) is 1. The Balaban J connectivity index is 2.13. The summed E-state index contributed by atoms with van der Waals surface area (Å²) in [6, 6.07) is 12.1. The molecule has 9 heteroatoms. The second-order valence-corrected chi connectivity index (χ2v) is 7.91. The van der Waals surface area contributed by atoms with E-state index in [0.29, 0.717) is 22.2 Å².